The standard InChI is InChI=1S/C13H26N2O/c1-2-14-12-6-5-9-15(10-12)11-13(16)7-3-4-8-13/h12,14,16H,2-11H2,1H3. The number of likely N-dealkylation sites (tertiary alicyclic amines) is 1. The van der Waals surface area contributed by atoms with Crippen molar-refractivity contribution in [3.05, 3.63) is 0 Å². The number of likely N-dealkylation sites (N-methyl/N-ethyl adjacent to an activating group) is 1. The highest BCUT2D eigenvalue weighted by Crippen LogP contribution is 2.30. The molecule has 1 saturated heterocycles. The van der Waals surface area contributed by atoms with Gasteiger partial charge in [0.1, 0.15) is 0 Å². The van der Waals surface area contributed by atoms with E-state index < -0.39 is 0 Å². The smallest absolute Gasteiger partial charge is 0.0774 e. The first kappa shape index (κ1) is 12.3. The molecule has 0 amide bonds. The highest BCUT2D eigenvalue weighted by Gasteiger charge is 2.34. The van der Waals surface area contributed by atoms with E-state index >= 15 is 0 Å². The van der Waals surface area contributed by atoms with Crippen LogP contribution in [0.3, 0.4) is 0 Å². The summed E-state index contributed by atoms with van der Waals surface area (Å²) in [6.45, 7) is 6.42. The zero-order valence-electron chi connectivity index (χ0n) is 10.5. The molecule has 2 rings (SSSR count). The molecule has 3 heteroatoms. The van der Waals surface area contributed by atoms with Crippen LogP contribution >= 0.6 is 0 Å². The zero-order chi connectivity index (χ0) is 11.4. The summed E-state index contributed by atoms with van der Waals surface area (Å²) in [5, 5.41) is 13.9. The van der Waals surface area contributed by atoms with Gasteiger partial charge in [-0.1, -0.05) is 19.8 Å². The number of rotatable bonds is 4. The van der Waals surface area contributed by atoms with Gasteiger partial charge in [-0.3, -0.25) is 4.90 Å². The first-order valence-corrected chi connectivity index (χ1v) is 6.90. The quantitative estimate of drug-likeness (QED) is 0.760. The molecular weight excluding hydrogens is 200 g/mol. The minimum absolute atomic E-state index is 0.367. The third kappa shape index (κ3) is 3.19. The Morgan fingerprint density at radius 3 is 2.75 bits per heavy atom. The average molecular weight is 226 g/mol. The largest absolute Gasteiger partial charge is 0.389 e. The Balaban J connectivity index is 1.80. The maximum Gasteiger partial charge on any atom is 0.0774 e. The van der Waals surface area contributed by atoms with Gasteiger partial charge in [0.2, 0.25) is 0 Å². The molecule has 0 radical (unpaired) electrons. The van der Waals surface area contributed by atoms with Gasteiger partial charge in [-0.25, -0.2) is 0 Å². The van der Waals surface area contributed by atoms with Crippen LogP contribution in [0.4, 0.5) is 0 Å². The molecule has 1 saturated carbocycles. The molecule has 1 heterocycles. The first-order valence-electron chi connectivity index (χ1n) is 6.90. The van der Waals surface area contributed by atoms with Crippen molar-refractivity contribution in [2.24, 2.45) is 0 Å². The first-order chi connectivity index (χ1) is 7.72. The minimum Gasteiger partial charge on any atom is -0.389 e. The Labute approximate surface area is 99.2 Å². The predicted molar refractivity (Wildman–Crippen MR) is 66.6 cm³/mol. The third-order valence-electron chi connectivity index (χ3n) is 4.05. The molecule has 0 bridgehead atoms. The van der Waals surface area contributed by atoms with Crippen molar-refractivity contribution in [3.8, 4) is 0 Å². The SMILES string of the molecule is CCNC1CCCN(CC2(O)CCCC2)C1. The topological polar surface area (TPSA) is 35.5 Å². The van der Waals surface area contributed by atoms with Crippen LogP contribution in [0.1, 0.15) is 45.4 Å². The fourth-order valence-corrected chi connectivity index (χ4v) is 3.26. The average Bonchev–Trinajstić information content (AvgIpc) is 2.66. The Morgan fingerprint density at radius 1 is 1.31 bits per heavy atom. The van der Waals surface area contributed by atoms with E-state index in [9.17, 15) is 5.11 Å². The maximum atomic E-state index is 10.4. The van der Waals surface area contributed by atoms with Gasteiger partial charge in [0, 0.05) is 19.1 Å². The van der Waals surface area contributed by atoms with E-state index in [1.165, 1.54) is 32.2 Å². The molecule has 0 aromatic heterocycles. The highest BCUT2D eigenvalue weighted by molar-refractivity contribution is 4.89. The van der Waals surface area contributed by atoms with E-state index in [0.717, 1.165) is 32.5 Å². The lowest BCUT2D eigenvalue weighted by atomic mass is 9.98. The van der Waals surface area contributed by atoms with E-state index in [1.54, 1.807) is 0 Å². The predicted octanol–water partition coefficient (Wildman–Crippen LogP) is 1.37. The van der Waals surface area contributed by atoms with Crippen LogP contribution in [0.15, 0.2) is 0 Å². The van der Waals surface area contributed by atoms with Gasteiger partial charge in [-0.2, -0.15) is 0 Å². The lowest BCUT2D eigenvalue weighted by Gasteiger charge is -2.37. The summed E-state index contributed by atoms with van der Waals surface area (Å²) in [5.74, 6) is 0. The van der Waals surface area contributed by atoms with Gasteiger partial charge < -0.3 is 10.4 Å². The molecule has 0 spiro atoms. The molecule has 2 fully saturated rings. The highest BCUT2D eigenvalue weighted by atomic mass is 16.3. The van der Waals surface area contributed by atoms with Crippen LogP contribution < -0.4 is 5.32 Å². The van der Waals surface area contributed by atoms with Gasteiger partial charge >= 0.3 is 0 Å². The monoisotopic (exact) mass is 226 g/mol. The number of β-amino-alcohol motifs (C(OH)–C–C–N with tert-alkyl or cyclic N) is 1. The molecule has 94 valence electrons. The van der Waals surface area contributed by atoms with Crippen LogP contribution in [0.2, 0.25) is 0 Å². The maximum absolute atomic E-state index is 10.4. The second-order valence-corrected chi connectivity index (χ2v) is 5.56. The molecule has 0 aromatic carbocycles. The fraction of sp³-hybridized carbons (Fsp3) is 1.00. The molecule has 2 aliphatic rings. The second kappa shape index (κ2) is 5.48. The number of aliphatic hydroxyl groups is 1. The van der Waals surface area contributed by atoms with Crippen molar-refractivity contribution in [2.45, 2.75) is 57.1 Å². The van der Waals surface area contributed by atoms with Gasteiger partial charge in [-0.15, -0.1) is 0 Å². The van der Waals surface area contributed by atoms with E-state index in [-0.39, 0.29) is 5.60 Å². The van der Waals surface area contributed by atoms with E-state index in [0.29, 0.717) is 6.04 Å². The van der Waals surface area contributed by atoms with E-state index in [1.807, 2.05) is 0 Å². The number of piperidine rings is 1. The lowest BCUT2D eigenvalue weighted by molar-refractivity contribution is 0.000954. The normalized spacial score (nSPS) is 30.8. The molecular formula is C13H26N2O. The number of nitrogens with zero attached hydrogens (tertiary/aromatic N) is 1. The molecule has 3 nitrogen and oxygen atoms in total. The number of hydrogen-bond acceptors (Lipinski definition) is 3. The summed E-state index contributed by atoms with van der Waals surface area (Å²) < 4.78 is 0. The number of nitrogens with one attached hydrogen (secondary N) is 1. The molecule has 1 aliphatic carbocycles. The summed E-state index contributed by atoms with van der Waals surface area (Å²) in [6.07, 6.45) is 7.00. The van der Waals surface area contributed by atoms with Crippen molar-refractivity contribution in [3.63, 3.8) is 0 Å². The van der Waals surface area contributed by atoms with Crippen molar-refractivity contribution in [1.29, 1.82) is 0 Å². The second-order valence-electron chi connectivity index (χ2n) is 5.56. The van der Waals surface area contributed by atoms with Crippen LogP contribution in [0, 0.1) is 0 Å². The number of hydrogen-bond donors (Lipinski definition) is 2. The van der Waals surface area contributed by atoms with Crippen molar-refractivity contribution in [1.82, 2.24) is 10.2 Å². The minimum atomic E-state index is -0.367. The third-order valence-corrected chi connectivity index (χ3v) is 4.05. The Bertz CT molecular complexity index is 212. The summed E-state index contributed by atoms with van der Waals surface area (Å²) >= 11 is 0. The van der Waals surface area contributed by atoms with Crippen molar-refractivity contribution in [2.75, 3.05) is 26.2 Å². The Kier molecular flexibility index (Phi) is 4.22. The molecule has 2 N–H and O–H groups in total. The molecule has 1 aliphatic heterocycles. The van der Waals surface area contributed by atoms with Crippen LogP contribution in [0.25, 0.3) is 0 Å². The van der Waals surface area contributed by atoms with E-state index in [4.69, 9.17) is 0 Å². The van der Waals surface area contributed by atoms with Gasteiger partial charge in [0.25, 0.3) is 0 Å². The van der Waals surface area contributed by atoms with Gasteiger partial charge in [-0.05, 0) is 38.8 Å². The van der Waals surface area contributed by atoms with E-state index in [2.05, 4.69) is 17.1 Å². The molecule has 0 aromatic rings. The fourth-order valence-electron chi connectivity index (χ4n) is 3.26. The molecule has 1 unspecified atom stereocenters. The van der Waals surface area contributed by atoms with Gasteiger partial charge in [0.05, 0.1) is 5.60 Å². The zero-order valence-corrected chi connectivity index (χ0v) is 10.5. The summed E-state index contributed by atoms with van der Waals surface area (Å²) in [6, 6.07) is 0.642. The van der Waals surface area contributed by atoms with Crippen LogP contribution in [0.5, 0.6) is 0 Å². The van der Waals surface area contributed by atoms with Crippen LogP contribution in [-0.4, -0.2) is 47.8 Å². The Hall–Kier alpha value is -0.120. The lowest BCUT2D eigenvalue weighted by Crippen LogP contribution is -2.50. The Morgan fingerprint density at radius 2 is 2.06 bits per heavy atom. The molecule has 16 heavy (non-hydrogen) atoms. The van der Waals surface area contributed by atoms with Crippen LogP contribution in [-0.2, 0) is 0 Å². The summed E-state index contributed by atoms with van der Waals surface area (Å²) in [5.41, 5.74) is -0.367. The van der Waals surface area contributed by atoms with Gasteiger partial charge in [0.15, 0.2) is 0 Å². The summed E-state index contributed by atoms with van der Waals surface area (Å²) in [4.78, 5) is 2.46. The molecule has 1 atom stereocenters. The summed E-state index contributed by atoms with van der Waals surface area (Å²) in [7, 11) is 0. The van der Waals surface area contributed by atoms with Crippen molar-refractivity contribution < 1.29 is 5.11 Å². The van der Waals surface area contributed by atoms with Crippen molar-refractivity contribution >= 4 is 0 Å².